The molecule has 0 aliphatic heterocycles. The summed E-state index contributed by atoms with van der Waals surface area (Å²) >= 11 is 5.71. The summed E-state index contributed by atoms with van der Waals surface area (Å²) in [5, 5.41) is 5.21. The quantitative estimate of drug-likeness (QED) is 0.585. The second-order valence-corrected chi connectivity index (χ2v) is 3.58. The molecular weight excluding hydrogens is 228 g/mol. The fraction of sp³-hybridized carbons (Fsp3) is 0.182. The van der Waals surface area contributed by atoms with E-state index < -0.39 is 11.8 Å². The van der Waals surface area contributed by atoms with Crippen molar-refractivity contribution >= 4 is 29.6 Å². The molecule has 0 aromatic heterocycles. The van der Waals surface area contributed by atoms with Gasteiger partial charge in [0.2, 0.25) is 11.8 Å². The normalized spacial score (nSPS) is 10.4. The summed E-state index contributed by atoms with van der Waals surface area (Å²) in [6.45, 7) is 2.56. The Morgan fingerprint density at radius 1 is 1.19 bits per heavy atom. The molecule has 0 heterocycles. The first-order valence-electron chi connectivity index (χ1n) is 4.61. The van der Waals surface area contributed by atoms with Crippen LogP contribution in [0.15, 0.2) is 29.4 Å². The molecule has 84 valence electrons. The third-order valence-corrected chi connectivity index (χ3v) is 2.04. The van der Waals surface area contributed by atoms with Crippen molar-refractivity contribution in [3.05, 3.63) is 34.9 Å². The predicted molar refractivity (Wildman–Crippen MR) is 62.2 cm³/mol. The maximum Gasteiger partial charge on any atom is 0.246 e. The largest absolute Gasteiger partial charge is 0.273 e. The van der Waals surface area contributed by atoms with Crippen LogP contribution >= 0.6 is 11.6 Å². The van der Waals surface area contributed by atoms with Gasteiger partial charge in [-0.25, -0.2) is 0 Å². The first-order chi connectivity index (χ1) is 7.50. The average Bonchev–Trinajstić information content (AvgIpc) is 2.20. The Hall–Kier alpha value is -1.68. The van der Waals surface area contributed by atoms with E-state index in [4.69, 9.17) is 11.6 Å². The molecule has 1 aromatic carbocycles. The number of carbonyl (C=O) groups excluding carboxylic acids is 2. The maximum absolute atomic E-state index is 11.0. The van der Waals surface area contributed by atoms with Crippen molar-refractivity contribution in [1.82, 2.24) is 5.01 Å². The van der Waals surface area contributed by atoms with Crippen molar-refractivity contribution in [2.24, 2.45) is 5.10 Å². The van der Waals surface area contributed by atoms with Gasteiger partial charge in [-0.2, -0.15) is 10.1 Å². The van der Waals surface area contributed by atoms with Gasteiger partial charge < -0.3 is 0 Å². The third kappa shape index (κ3) is 3.47. The summed E-state index contributed by atoms with van der Waals surface area (Å²) in [7, 11) is 0. The van der Waals surface area contributed by atoms with Crippen LogP contribution < -0.4 is 0 Å². The van der Waals surface area contributed by atoms with Gasteiger partial charge in [-0.05, 0) is 17.7 Å². The summed E-state index contributed by atoms with van der Waals surface area (Å²) in [4.78, 5) is 22.1. The number of rotatable bonds is 2. The van der Waals surface area contributed by atoms with Crippen molar-refractivity contribution in [3.63, 3.8) is 0 Å². The van der Waals surface area contributed by atoms with E-state index in [0.717, 1.165) is 10.6 Å². The Balaban J connectivity index is 2.82. The lowest BCUT2D eigenvalue weighted by Crippen LogP contribution is -2.27. The third-order valence-electron chi connectivity index (χ3n) is 1.79. The zero-order valence-corrected chi connectivity index (χ0v) is 9.73. The van der Waals surface area contributed by atoms with E-state index in [2.05, 4.69) is 5.10 Å². The molecule has 0 spiro atoms. The number of hydrazone groups is 1. The van der Waals surface area contributed by atoms with Crippen LogP contribution in [0.3, 0.4) is 0 Å². The van der Waals surface area contributed by atoms with Gasteiger partial charge in [-0.3, -0.25) is 9.59 Å². The zero-order valence-electron chi connectivity index (χ0n) is 8.98. The highest BCUT2D eigenvalue weighted by atomic mass is 35.5. The molecule has 0 aliphatic carbocycles. The molecule has 0 radical (unpaired) electrons. The van der Waals surface area contributed by atoms with Crippen LogP contribution in [0, 0.1) is 0 Å². The highest BCUT2D eigenvalue weighted by Crippen LogP contribution is 2.08. The van der Waals surface area contributed by atoms with Crippen LogP contribution in [-0.4, -0.2) is 23.0 Å². The highest BCUT2D eigenvalue weighted by Gasteiger charge is 2.10. The summed E-state index contributed by atoms with van der Waals surface area (Å²) in [6, 6.07) is 6.89. The van der Waals surface area contributed by atoms with Gasteiger partial charge in [0.25, 0.3) is 0 Å². The fourth-order valence-electron chi connectivity index (χ4n) is 1.06. The van der Waals surface area contributed by atoms with Gasteiger partial charge in [0.05, 0.1) is 6.21 Å². The molecule has 0 saturated carbocycles. The number of benzene rings is 1. The number of imide groups is 1. The van der Waals surface area contributed by atoms with Crippen LogP contribution in [0.25, 0.3) is 0 Å². The summed E-state index contributed by atoms with van der Waals surface area (Å²) in [5.41, 5.74) is 0.761. The number of carbonyl (C=O) groups is 2. The van der Waals surface area contributed by atoms with Gasteiger partial charge in [0.1, 0.15) is 0 Å². The summed E-state index contributed by atoms with van der Waals surface area (Å²) in [6.07, 6.45) is 1.43. The molecule has 1 aromatic rings. The SMILES string of the molecule is CC(=O)N(/N=C/c1ccc(Cl)cc1)C(C)=O. The summed E-state index contributed by atoms with van der Waals surface area (Å²) in [5.74, 6) is -0.838. The summed E-state index contributed by atoms with van der Waals surface area (Å²) < 4.78 is 0. The van der Waals surface area contributed by atoms with E-state index in [1.807, 2.05) is 0 Å². The molecule has 0 atom stereocenters. The van der Waals surface area contributed by atoms with Gasteiger partial charge in [-0.15, -0.1) is 0 Å². The van der Waals surface area contributed by atoms with Crippen LogP contribution in [0.2, 0.25) is 5.02 Å². The molecule has 0 saturated heterocycles. The molecule has 0 N–H and O–H groups in total. The maximum atomic E-state index is 11.0. The standard InChI is InChI=1S/C11H11ClN2O2/c1-8(15)14(9(2)16)13-7-10-3-5-11(12)6-4-10/h3-7H,1-2H3/b13-7+. The minimum Gasteiger partial charge on any atom is -0.273 e. The second-order valence-electron chi connectivity index (χ2n) is 3.15. The number of nitrogens with zero attached hydrogens (tertiary/aromatic N) is 2. The predicted octanol–water partition coefficient (Wildman–Crippen LogP) is 2.07. The monoisotopic (exact) mass is 238 g/mol. The Bertz CT molecular complexity index is 412. The van der Waals surface area contributed by atoms with Gasteiger partial charge in [0.15, 0.2) is 0 Å². The van der Waals surface area contributed by atoms with E-state index in [1.165, 1.54) is 20.1 Å². The van der Waals surface area contributed by atoms with Crippen molar-refractivity contribution < 1.29 is 9.59 Å². The number of hydrogen-bond donors (Lipinski definition) is 0. The van der Waals surface area contributed by atoms with Gasteiger partial charge in [-0.1, -0.05) is 23.7 Å². The van der Waals surface area contributed by atoms with E-state index >= 15 is 0 Å². The molecular formula is C11H11ClN2O2. The number of amides is 2. The topological polar surface area (TPSA) is 49.7 Å². The minimum absolute atomic E-state index is 0.419. The second kappa shape index (κ2) is 5.42. The van der Waals surface area contributed by atoms with Gasteiger partial charge >= 0.3 is 0 Å². The van der Waals surface area contributed by atoms with Crippen LogP contribution in [-0.2, 0) is 9.59 Å². The Morgan fingerprint density at radius 2 is 1.69 bits per heavy atom. The van der Waals surface area contributed by atoms with Crippen LogP contribution in [0.1, 0.15) is 19.4 Å². The first kappa shape index (κ1) is 12.4. The number of halogens is 1. The first-order valence-corrected chi connectivity index (χ1v) is 4.99. The minimum atomic E-state index is -0.419. The van der Waals surface area contributed by atoms with Crippen molar-refractivity contribution in [3.8, 4) is 0 Å². The van der Waals surface area contributed by atoms with Crippen molar-refractivity contribution in [2.75, 3.05) is 0 Å². The molecule has 0 aliphatic rings. The average molecular weight is 239 g/mol. The zero-order chi connectivity index (χ0) is 12.1. The van der Waals surface area contributed by atoms with E-state index in [9.17, 15) is 9.59 Å². The lowest BCUT2D eigenvalue weighted by atomic mass is 10.2. The smallest absolute Gasteiger partial charge is 0.246 e. The Morgan fingerprint density at radius 3 is 2.12 bits per heavy atom. The lowest BCUT2D eigenvalue weighted by Gasteiger charge is -2.08. The molecule has 1 rings (SSSR count). The van der Waals surface area contributed by atoms with Crippen molar-refractivity contribution in [2.45, 2.75) is 13.8 Å². The van der Waals surface area contributed by atoms with E-state index in [-0.39, 0.29) is 0 Å². The Kier molecular flexibility index (Phi) is 4.19. The van der Waals surface area contributed by atoms with E-state index in [1.54, 1.807) is 24.3 Å². The molecule has 2 amide bonds. The van der Waals surface area contributed by atoms with Crippen molar-refractivity contribution in [1.29, 1.82) is 0 Å². The van der Waals surface area contributed by atoms with Crippen LogP contribution in [0.4, 0.5) is 0 Å². The molecule has 16 heavy (non-hydrogen) atoms. The molecule has 0 unspecified atom stereocenters. The van der Waals surface area contributed by atoms with Crippen LogP contribution in [0.5, 0.6) is 0 Å². The van der Waals surface area contributed by atoms with E-state index in [0.29, 0.717) is 5.02 Å². The molecule has 5 heteroatoms. The fourth-order valence-corrected chi connectivity index (χ4v) is 1.18. The molecule has 4 nitrogen and oxygen atoms in total. The highest BCUT2D eigenvalue weighted by molar-refractivity contribution is 6.30. The molecule has 0 bridgehead atoms. The van der Waals surface area contributed by atoms with Gasteiger partial charge in [0, 0.05) is 18.9 Å². The number of hydrogen-bond acceptors (Lipinski definition) is 3. The molecule has 0 fully saturated rings. The Labute approximate surface area is 98.5 Å². The lowest BCUT2D eigenvalue weighted by molar-refractivity contribution is -0.142.